The second-order valence-electron chi connectivity index (χ2n) is 5.35. The molecule has 1 aliphatic rings. The Labute approximate surface area is 127 Å². The molecule has 1 aromatic heterocycles. The van der Waals surface area contributed by atoms with Crippen LogP contribution in [-0.2, 0) is 6.54 Å². The van der Waals surface area contributed by atoms with Gasteiger partial charge in [0.15, 0.2) is 0 Å². The van der Waals surface area contributed by atoms with Crippen LogP contribution in [0.15, 0.2) is 30.3 Å². The number of H-pyrrole nitrogens is 1. The van der Waals surface area contributed by atoms with Gasteiger partial charge in [0.2, 0.25) is 0 Å². The highest BCUT2D eigenvalue weighted by Crippen LogP contribution is 2.38. The van der Waals surface area contributed by atoms with E-state index in [4.69, 9.17) is 5.73 Å². The molecule has 0 radical (unpaired) electrons. The van der Waals surface area contributed by atoms with Crippen LogP contribution in [0.1, 0.15) is 40.5 Å². The molecule has 3 amide bonds. The Morgan fingerprint density at radius 2 is 2.00 bits per heavy atom. The zero-order chi connectivity index (χ0) is 15.5. The van der Waals surface area contributed by atoms with Gasteiger partial charge in [-0.1, -0.05) is 12.1 Å². The zero-order valence-electron chi connectivity index (χ0n) is 11.9. The summed E-state index contributed by atoms with van der Waals surface area (Å²) in [4.78, 5) is 22.7. The van der Waals surface area contributed by atoms with Crippen LogP contribution in [0.3, 0.4) is 0 Å². The molecular weight excluding hydrogens is 282 g/mol. The van der Waals surface area contributed by atoms with Gasteiger partial charge in [0.05, 0.1) is 0 Å². The first kappa shape index (κ1) is 14.1. The SMILES string of the molecule is NC(=O)Nc1ccc(CNC(=O)c2cc(C3CC3)[nH]n2)cc1. The second kappa shape index (κ2) is 5.88. The van der Waals surface area contributed by atoms with Crippen LogP contribution >= 0.6 is 0 Å². The summed E-state index contributed by atoms with van der Waals surface area (Å²) in [5.41, 5.74) is 8.01. The van der Waals surface area contributed by atoms with Gasteiger partial charge < -0.3 is 16.4 Å². The molecule has 1 aliphatic carbocycles. The van der Waals surface area contributed by atoms with Gasteiger partial charge in [-0.25, -0.2) is 4.79 Å². The first-order valence-corrected chi connectivity index (χ1v) is 7.11. The number of nitrogens with zero attached hydrogens (tertiary/aromatic N) is 1. The van der Waals surface area contributed by atoms with Crippen molar-refractivity contribution in [1.82, 2.24) is 15.5 Å². The van der Waals surface area contributed by atoms with Crippen LogP contribution in [0, 0.1) is 0 Å². The average Bonchev–Trinajstić information content (AvgIpc) is 3.23. The number of nitrogens with two attached hydrogens (primary N) is 1. The Bertz CT molecular complexity index is 688. The third kappa shape index (κ3) is 3.43. The van der Waals surface area contributed by atoms with Crippen LogP contribution in [0.4, 0.5) is 10.5 Å². The smallest absolute Gasteiger partial charge is 0.316 e. The summed E-state index contributed by atoms with van der Waals surface area (Å²) in [6.45, 7) is 0.390. The van der Waals surface area contributed by atoms with Gasteiger partial charge in [-0.3, -0.25) is 9.89 Å². The molecule has 114 valence electrons. The number of rotatable bonds is 5. The lowest BCUT2D eigenvalue weighted by Crippen LogP contribution is -2.23. The standard InChI is InChI=1S/C15H17N5O2/c16-15(22)18-11-5-1-9(2-6-11)8-17-14(21)13-7-12(19-20-13)10-3-4-10/h1-2,5-7,10H,3-4,8H2,(H,17,21)(H,19,20)(H3,16,18,22). The number of carbonyl (C=O) groups is 2. The van der Waals surface area contributed by atoms with Crippen LogP contribution in [0.25, 0.3) is 0 Å². The normalized spacial score (nSPS) is 13.6. The van der Waals surface area contributed by atoms with Crippen molar-refractivity contribution in [2.45, 2.75) is 25.3 Å². The number of aromatic nitrogens is 2. The fraction of sp³-hybridized carbons (Fsp3) is 0.267. The number of carbonyl (C=O) groups excluding carboxylic acids is 2. The molecule has 7 nitrogen and oxygen atoms in total. The number of nitrogens with one attached hydrogen (secondary N) is 3. The Kier molecular flexibility index (Phi) is 3.78. The molecule has 22 heavy (non-hydrogen) atoms. The Balaban J connectivity index is 1.54. The van der Waals surface area contributed by atoms with E-state index in [0.29, 0.717) is 23.8 Å². The van der Waals surface area contributed by atoms with Gasteiger partial charge in [0.25, 0.3) is 5.91 Å². The monoisotopic (exact) mass is 299 g/mol. The highest BCUT2D eigenvalue weighted by atomic mass is 16.2. The van der Waals surface area contributed by atoms with Crippen molar-refractivity contribution in [3.8, 4) is 0 Å². The van der Waals surface area contributed by atoms with E-state index in [-0.39, 0.29) is 5.91 Å². The zero-order valence-corrected chi connectivity index (χ0v) is 11.9. The third-order valence-corrected chi connectivity index (χ3v) is 3.52. The second-order valence-corrected chi connectivity index (χ2v) is 5.35. The van der Waals surface area contributed by atoms with Gasteiger partial charge in [-0.2, -0.15) is 5.10 Å². The summed E-state index contributed by atoms with van der Waals surface area (Å²) >= 11 is 0. The summed E-state index contributed by atoms with van der Waals surface area (Å²) in [6, 6.07) is 8.29. The van der Waals surface area contributed by atoms with Crippen molar-refractivity contribution in [2.24, 2.45) is 5.73 Å². The molecule has 0 aliphatic heterocycles. The number of urea groups is 1. The largest absolute Gasteiger partial charge is 0.351 e. The molecule has 2 aromatic rings. The molecule has 1 saturated carbocycles. The fourth-order valence-corrected chi connectivity index (χ4v) is 2.18. The highest BCUT2D eigenvalue weighted by Gasteiger charge is 2.26. The summed E-state index contributed by atoms with van der Waals surface area (Å²) in [5, 5.41) is 12.2. The number of primary amides is 1. The molecule has 0 unspecified atom stereocenters. The van der Waals surface area contributed by atoms with Gasteiger partial charge in [-0.15, -0.1) is 0 Å². The van der Waals surface area contributed by atoms with Crippen molar-refractivity contribution in [3.63, 3.8) is 0 Å². The summed E-state index contributed by atoms with van der Waals surface area (Å²) in [6.07, 6.45) is 2.32. The Morgan fingerprint density at radius 1 is 1.27 bits per heavy atom. The lowest BCUT2D eigenvalue weighted by molar-refractivity contribution is 0.0946. The predicted octanol–water partition coefficient (Wildman–Crippen LogP) is 1.71. The van der Waals surface area contributed by atoms with Crippen LogP contribution < -0.4 is 16.4 Å². The molecular formula is C15H17N5O2. The van der Waals surface area contributed by atoms with Crippen molar-refractivity contribution in [3.05, 3.63) is 47.3 Å². The van der Waals surface area contributed by atoms with E-state index >= 15 is 0 Å². The van der Waals surface area contributed by atoms with E-state index in [2.05, 4.69) is 20.8 Å². The van der Waals surface area contributed by atoms with E-state index in [1.807, 2.05) is 18.2 Å². The molecule has 0 spiro atoms. The first-order chi connectivity index (χ1) is 10.6. The minimum atomic E-state index is -0.606. The molecule has 1 heterocycles. The fourth-order valence-electron chi connectivity index (χ4n) is 2.18. The van der Waals surface area contributed by atoms with E-state index in [1.165, 1.54) is 0 Å². The van der Waals surface area contributed by atoms with E-state index in [9.17, 15) is 9.59 Å². The number of hydrogen-bond acceptors (Lipinski definition) is 3. The Hall–Kier alpha value is -2.83. The molecule has 1 fully saturated rings. The van der Waals surface area contributed by atoms with Crippen LogP contribution in [0.5, 0.6) is 0 Å². The van der Waals surface area contributed by atoms with Gasteiger partial charge >= 0.3 is 6.03 Å². The quantitative estimate of drug-likeness (QED) is 0.674. The number of aromatic amines is 1. The molecule has 0 saturated heterocycles. The topological polar surface area (TPSA) is 113 Å². The predicted molar refractivity (Wildman–Crippen MR) is 81.4 cm³/mol. The summed E-state index contributed by atoms with van der Waals surface area (Å²) in [5.74, 6) is 0.335. The van der Waals surface area contributed by atoms with Gasteiger partial charge in [0, 0.05) is 23.8 Å². The lowest BCUT2D eigenvalue weighted by atomic mass is 10.2. The minimum absolute atomic E-state index is 0.206. The molecule has 0 atom stereocenters. The van der Waals surface area contributed by atoms with E-state index in [0.717, 1.165) is 24.1 Å². The molecule has 5 N–H and O–H groups in total. The van der Waals surface area contributed by atoms with Crippen LogP contribution in [0.2, 0.25) is 0 Å². The average molecular weight is 299 g/mol. The maximum Gasteiger partial charge on any atom is 0.316 e. The van der Waals surface area contributed by atoms with Crippen molar-refractivity contribution in [2.75, 3.05) is 5.32 Å². The summed E-state index contributed by atoms with van der Waals surface area (Å²) in [7, 11) is 0. The number of hydrogen-bond donors (Lipinski definition) is 4. The summed E-state index contributed by atoms with van der Waals surface area (Å²) < 4.78 is 0. The number of anilines is 1. The van der Waals surface area contributed by atoms with E-state index < -0.39 is 6.03 Å². The number of amides is 3. The highest BCUT2D eigenvalue weighted by molar-refractivity contribution is 5.92. The van der Waals surface area contributed by atoms with Crippen molar-refractivity contribution < 1.29 is 9.59 Å². The Morgan fingerprint density at radius 3 is 2.64 bits per heavy atom. The van der Waals surface area contributed by atoms with Crippen LogP contribution in [-0.4, -0.2) is 22.1 Å². The molecule has 3 rings (SSSR count). The van der Waals surface area contributed by atoms with E-state index in [1.54, 1.807) is 12.1 Å². The minimum Gasteiger partial charge on any atom is -0.351 e. The lowest BCUT2D eigenvalue weighted by Gasteiger charge is -2.05. The maximum absolute atomic E-state index is 12.0. The molecule has 7 heteroatoms. The van der Waals surface area contributed by atoms with Gasteiger partial charge in [-0.05, 0) is 36.6 Å². The third-order valence-electron chi connectivity index (χ3n) is 3.52. The van der Waals surface area contributed by atoms with Crippen molar-refractivity contribution in [1.29, 1.82) is 0 Å². The molecule has 0 bridgehead atoms. The van der Waals surface area contributed by atoms with Crippen molar-refractivity contribution >= 4 is 17.6 Å². The molecule has 1 aromatic carbocycles. The number of benzene rings is 1. The first-order valence-electron chi connectivity index (χ1n) is 7.11. The maximum atomic E-state index is 12.0. The van der Waals surface area contributed by atoms with Gasteiger partial charge in [0.1, 0.15) is 5.69 Å².